The van der Waals surface area contributed by atoms with Gasteiger partial charge in [0.1, 0.15) is 0 Å². The van der Waals surface area contributed by atoms with Gasteiger partial charge in [-0.2, -0.15) is 0 Å². The predicted molar refractivity (Wildman–Crippen MR) is 52.1 cm³/mol. The number of nitrogen functional groups attached to an aromatic ring is 2. The average Bonchev–Trinajstić information content (AvgIpc) is 2.06. The van der Waals surface area contributed by atoms with E-state index < -0.39 is 0 Å². The van der Waals surface area contributed by atoms with Crippen LogP contribution in [0.15, 0.2) is 24.3 Å². The molecule has 0 aliphatic heterocycles. The Morgan fingerprint density at radius 3 is 1.43 bits per heavy atom. The maximum Gasteiger partial charge on any atom is 0.231 e. The summed E-state index contributed by atoms with van der Waals surface area (Å²) in [4.78, 5) is 16.7. The first-order valence-corrected chi connectivity index (χ1v) is 3.31. The zero-order valence-electron chi connectivity index (χ0n) is 7.28. The molecule has 0 aliphatic carbocycles. The Balaban J connectivity index is 0. The van der Waals surface area contributed by atoms with E-state index in [0.717, 1.165) is 12.2 Å². The normalized spacial score (nSPS) is 6.29. The lowest BCUT2D eigenvalue weighted by Crippen LogP contribution is -1.87. The monoisotopic (exact) mass is 194 g/mol. The highest BCUT2D eigenvalue weighted by atomic mass is 16.1. The van der Waals surface area contributed by atoms with Crippen LogP contribution in [0.25, 0.3) is 0 Å². The SMILES string of the molecule is N=C=O.N=C=O.Nc1cccc(N)c1. The van der Waals surface area contributed by atoms with Crippen molar-refractivity contribution in [3.05, 3.63) is 24.3 Å². The lowest BCUT2D eigenvalue weighted by Gasteiger charge is -1.91. The molecule has 0 heterocycles. The second-order valence-electron chi connectivity index (χ2n) is 1.87. The predicted octanol–water partition coefficient (Wildman–Crippen LogP) is 0.653. The van der Waals surface area contributed by atoms with Crippen molar-refractivity contribution in [1.82, 2.24) is 0 Å². The van der Waals surface area contributed by atoms with E-state index in [-0.39, 0.29) is 0 Å². The molecule has 74 valence electrons. The van der Waals surface area contributed by atoms with Crippen LogP contribution in [-0.2, 0) is 9.59 Å². The standard InChI is InChI=1S/C6H8N2.2CHNO/c7-5-2-1-3-6(8)4-5;2*2-1-3/h1-4H,7-8H2;2*2H. The van der Waals surface area contributed by atoms with Crippen LogP contribution in [0.3, 0.4) is 0 Å². The molecule has 0 unspecified atom stereocenters. The molecule has 0 radical (unpaired) electrons. The van der Waals surface area contributed by atoms with Crippen LogP contribution in [0.2, 0.25) is 0 Å². The van der Waals surface area contributed by atoms with E-state index in [4.69, 9.17) is 31.9 Å². The van der Waals surface area contributed by atoms with E-state index in [1.54, 1.807) is 18.2 Å². The number of anilines is 2. The Kier molecular flexibility index (Phi) is 10.7. The van der Waals surface area contributed by atoms with Gasteiger partial charge in [0.2, 0.25) is 12.2 Å². The minimum atomic E-state index is 0.713. The number of carbonyl (C=O) groups excluding carboxylic acids is 2. The third-order valence-electron chi connectivity index (χ3n) is 0.911. The summed E-state index contributed by atoms with van der Waals surface area (Å²) in [5.41, 5.74) is 12.2. The third-order valence-corrected chi connectivity index (χ3v) is 0.911. The Hall–Kier alpha value is -2.42. The van der Waals surface area contributed by atoms with Gasteiger partial charge in [0.25, 0.3) is 0 Å². The van der Waals surface area contributed by atoms with Crippen molar-refractivity contribution in [3.8, 4) is 0 Å². The summed E-state index contributed by atoms with van der Waals surface area (Å²) in [6.07, 6.45) is 1.50. The van der Waals surface area contributed by atoms with Gasteiger partial charge in [-0.1, -0.05) is 6.07 Å². The largest absolute Gasteiger partial charge is 0.399 e. The van der Waals surface area contributed by atoms with Crippen LogP contribution in [0.5, 0.6) is 0 Å². The van der Waals surface area contributed by atoms with Gasteiger partial charge in [0.05, 0.1) is 0 Å². The number of benzene rings is 1. The number of isocyanates is 2. The smallest absolute Gasteiger partial charge is 0.231 e. The third kappa shape index (κ3) is 12.3. The van der Waals surface area contributed by atoms with Gasteiger partial charge in [-0.15, -0.1) is 0 Å². The molecule has 1 aromatic rings. The average molecular weight is 194 g/mol. The Morgan fingerprint density at radius 1 is 1.00 bits per heavy atom. The summed E-state index contributed by atoms with van der Waals surface area (Å²) in [5, 5.41) is 10.8. The molecule has 14 heavy (non-hydrogen) atoms. The van der Waals surface area contributed by atoms with E-state index in [9.17, 15) is 0 Å². The number of hydrogen-bond acceptors (Lipinski definition) is 6. The van der Waals surface area contributed by atoms with E-state index in [0.29, 0.717) is 11.4 Å². The van der Waals surface area contributed by atoms with Crippen molar-refractivity contribution < 1.29 is 9.59 Å². The number of hydrogen-bond donors (Lipinski definition) is 4. The molecule has 0 bridgehead atoms. The van der Waals surface area contributed by atoms with Crippen molar-refractivity contribution in [3.63, 3.8) is 0 Å². The van der Waals surface area contributed by atoms with Crippen molar-refractivity contribution in [2.24, 2.45) is 0 Å². The minimum absolute atomic E-state index is 0.713. The van der Waals surface area contributed by atoms with Crippen LogP contribution in [-0.4, -0.2) is 12.2 Å². The highest BCUT2D eigenvalue weighted by Crippen LogP contribution is 2.06. The second kappa shape index (κ2) is 10.6. The zero-order valence-corrected chi connectivity index (χ0v) is 7.28. The fraction of sp³-hybridized carbons (Fsp3) is 0. The number of nitrogens with two attached hydrogens (primary N) is 2. The molecule has 0 spiro atoms. The molecule has 1 rings (SSSR count). The Morgan fingerprint density at radius 2 is 1.29 bits per heavy atom. The molecule has 0 saturated carbocycles. The van der Waals surface area contributed by atoms with Crippen LogP contribution in [0.4, 0.5) is 11.4 Å². The van der Waals surface area contributed by atoms with Crippen LogP contribution in [0.1, 0.15) is 0 Å². The van der Waals surface area contributed by atoms with E-state index in [2.05, 4.69) is 0 Å². The van der Waals surface area contributed by atoms with Crippen molar-refractivity contribution in [2.45, 2.75) is 0 Å². The number of nitrogens with one attached hydrogen (secondary N) is 2. The van der Waals surface area contributed by atoms with Crippen LogP contribution in [0, 0.1) is 10.8 Å². The van der Waals surface area contributed by atoms with Gasteiger partial charge in [-0.25, -0.2) is 20.4 Å². The molecule has 0 fully saturated rings. The van der Waals surface area contributed by atoms with Crippen LogP contribution < -0.4 is 11.5 Å². The fourth-order valence-corrected chi connectivity index (χ4v) is 0.559. The van der Waals surface area contributed by atoms with Crippen molar-refractivity contribution in [1.29, 1.82) is 10.8 Å². The first-order chi connectivity index (χ1) is 6.62. The Bertz CT molecular complexity index is 297. The molecule has 0 saturated heterocycles. The molecule has 6 heteroatoms. The molecule has 6 nitrogen and oxygen atoms in total. The molecular formula is C8H10N4O2. The molecular weight excluding hydrogens is 184 g/mol. The molecule has 0 aliphatic rings. The summed E-state index contributed by atoms with van der Waals surface area (Å²) in [7, 11) is 0. The Labute approximate surface area is 80.5 Å². The van der Waals surface area contributed by atoms with Gasteiger partial charge < -0.3 is 11.5 Å². The quantitative estimate of drug-likeness (QED) is 0.274. The molecule has 6 N–H and O–H groups in total. The maximum atomic E-state index is 8.35. The van der Waals surface area contributed by atoms with Gasteiger partial charge >= 0.3 is 0 Å². The summed E-state index contributed by atoms with van der Waals surface area (Å²) in [6.45, 7) is 0. The molecule has 0 aromatic heterocycles. The summed E-state index contributed by atoms with van der Waals surface area (Å²) >= 11 is 0. The lowest BCUT2D eigenvalue weighted by atomic mass is 10.3. The lowest BCUT2D eigenvalue weighted by molar-refractivity contribution is 0.562. The highest BCUT2D eigenvalue weighted by Gasteiger charge is 1.81. The fourth-order valence-electron chi connectivity index (χ4n) is 0.559. The van der Waals surface area contributed by atoms with E-state index >= 15 is 0 Å². The maximum absolute atomic E-state index is 8.35. The molecule has 0 atom stereocenters. The van der Waals surface area contributed by atoms with Crippen molar-refractivity contribution >= 4 is 23.5 Å². The first-order valence-electron chi connectivity index (χ1n) is 3.31. The zero-order chi connectivity index (χ0) is 11.4. The van der Waals surface area contributed by atoms with Crippen molar-refractivity contribution in [2.75, 3.05) is 11.5 Å². The summed E-state index contributed by atoms with van der Waals surface area (Å²) < 4.78 is 0. The number of rotatable bonds is 0. The topological polar surface area (TPSA) is 134 Å². The van der Waals surface area contributed by atoms with Gasteiger partial charge in [-0.3, -0.25) is 0 Å². The molecule has 0 amide bonds. The first kappa shape index (κ1) is 14.1. The summed E-state index contributed by atoms with van der Waals surface area (Å²) in [6, 6.07) is 7.15. The van der Waals surface area contributed by atoms with E-state index in [1.807, 2.05) is 6.07 Å². The second-order valence-corrected chi connectivity index (χ2v) is 1.87. The minimum Gasteiger partial charge on any atom is -0.399 e. The van der Waals surface area contributed by atoms with Crippen LogP contribution >= 0.6 is 0 Å². The van der Waals surface area contributed by atoms with Gasteiger partial charge in [0, 0.05) is 11.4 Å². The molecule has 1 aromatic carbocycles. The highest BCUT2D eigenvalue weighted by molar-refractivity contribution is 5.50. The van der Waals surface area contributed by atoms with Gasteiger partial charge in [-0.05, 0) is 18.2 Å². The van der Waals surface area contributed by atoms with Gasteiger partial charge in [0.15, 0.2) is 0 Å². The van der Waals surface area contributed by atoms with E-state index in [1.165, 1.54) is 0 Å². The summed E-state index contributed by atoms with van der Waals surface area (Å²) in [5.74, 6) is 0.